The number of rotatable bonds is 14. The number of nitrogens with zero attached hydrogens (tertiary/aromatic N) is 5. The van der Waals surface area contributed by atoms with Gasteiger partial charge in [0.1, 0.15) is 0 Å². The van der Waals surface area contributed by atoms with Gasteiger partial charge in [0, 0.05) is 16.7 Å². The molecule has 0 N–H and O–H groups in total. The fourth-order valence-corrected chi connectivity index (χ4v) is 9.00. The molecule has 0 aliphatic heterocycles. The Morgan fingerprint density at radius 2 is 1.38 bits per heavy atom. The Balaban J connectivity index is 1.18. The first-order valence-corrected chi connectivity index (χ1v) is 22.2. The van der Waals surface area contributed by atoms with Gasteiger partial charge in [0.15, 0.2) is 17.5 Å². The van der Waals surface area contributed by atoms with Crippen LogP contribution in [0.4, 0.5) is 0 Å². The molecular formula is C55H48B2N5OS. The van der Waals surface area contributed by atoms with Gasteiger partial charge in [-0.1, -0.05) is 60.7 Å². The summed E-state index contributed by atoms with van der Waals surface area (Å²) in [6.07, 6.45) is 18.3. The first kappa shape index (κ1) is 43.4. The van der Waals surface area contributed by atoms with E-state index in [4.69, 9.17) is 24.4 Å². The van der Waals surface area contributed by atoms with Crippen LogP contribution in [0.1, 0.15) is 53.4 Å². The SMILES string of the molecule is C=C/C=C\c1oc(/C(=C\C)C(=BC)/C=C\c2c(C)c(C=C)c(/C=C\C)n2-c2cccc(-c3nc4cc(-c5nc(-c6ccccc6)nc(-c6ccccc6)n5)ccc4s3)c2)c([B]C)c1C. The third-order valence-corrected chi connectivity index (χ3v) is 12.3. The van der Waals surface area contributed by atoms with Crippen molar-refractivity contribution in [2.24, 2.45) is 0 Å². The van der Waals surface area contributed by atoms with Gasteiger partial charge >= 0.3 is 268 Å². The van der Waals surface area contributed by atoms with E-state index in [9.17, 15) is 0 Å². The number of fused-ring (bicyclic) bond motifs is 1. The van der Waals surface area contributed by atoms with Gasteiger partial charge in [0.2, 0.25) is 0 Å². The second-order valence-corrected chi connectivity index (χ2v) is 16.2. The minimum absolute atomic E-state index is 0.598. The van der Waals surface area contributed by atoms with Gasteiger partial charge in [0.25, 0.3) is 0 Å². The van der Waals surface area contributed by atoms with Gasteiger partial charge in [-0.2, -0.15) is 0 Å². The predicted octanol–water partition coefficient (Wildman–Crippen LogP) is 13.4. The maximum absolute atomic E-state index is 6.51. The number of hydrogen-bond acceptors (Lipinski definition) is 6. The Labute approximate surface area is 381 Å². The van der Waals surface area contributed by atoms with Crippen molar-refractivity contribution in [1.82, 2.24) is 24.5 Å². The van der Waals surface area contributed by atoms with Crippen LogP contribution in [-0.2, 0) is 0 Å². The topological polar surface area (TPSA) is 69.6 Å². The fourth-order valence-electron chi connectivity index (χ4n) is 8.06. The van der Waals surface area contributed by atoms with E-state index in [-0.39, 0.29) is 0 Å². The van der Waals surface area contributed by atoms with Gasteiger partial charge in [-0.25, -0.2) is 15.0 Å². The molecule has 0 spiro atoms. The van der Waals surface area contributed by atoms with E-state index in [0.29, 0.717) is 17.5 Å². The van der Waals surface area contributed by atoms with Crippen LogP contribution in [0, 0.1) is 13.8 Å². The molecule has 0 fully saturated rings. The third-order valence-electron chi connectivity index (χ3n) is 11.2. The van der Waals surface area contributed by atoms with E-state index in [1.807, 2.05) is 85.8 Å². The number of allylic oxidation sites excluding steroid dienone is 6. The number of furan rings is 1. The molecule has 4 aromatic heterocycles. The van der Waals surface area contributed by atoms with Crippen LogP contribution < -0.4 is 5.46 Å². The summed E-state index contributed by atoms with van der Waals surface area (Å²) in [5.74, 6) is 3.51. The monoisotopic (exact) mass is 848 g/mol. The molecule has 8 aromatic rings. The first-order valence-electron chi connectivity index (χ1n) is 21.4. The van der Waals surface area contributed by atoms with Crippen LogP contribution in [0.2, 0.25) is 13.6 Å². The molecule has 0 amide bonds. The number of benzene rings is 4. The van der Waals surface area contributed by atoms with Crippen molar-refractivity contribution in [3.63, 3.8) is 0 Å². The van der Waals surface area contributed by atoms with Crippen molar-refractivity contribution < 1.29 is 4.42 Å². The molecule has 0 saturated carbocycles. The Kier molecular flexibility index (Phi) is 13.2. The van der Waals surface area contributed by atoms with E-state index in [0.717, 1.165) is 99.3 Å². The van der Waals surface area contributed by atoms with E-state index in [1.54, 1.807) is 17.4 Å². The average molecular weight is 849 g/mol. The van der Waals surface area contributed by atoms with Crippen molar-refractivity contribution in [2.45, 2.75) is 41.3 Å². The zero-order chi connectivity index (χ0) is 44.7. The average Bonchev–Trinajstić information content (AvgIpc) is 3.99. The molecule has 0 aliphatic carbocycles. The van der Waals surface area contributed by atoms with Crippen molar-refractivity contribution in [3.05, 3.63) is 186 Å². The molecule has 8 rings (SSSR count). The van der Waals surface area contributed by atoms with Crippen LogP contribution in [0.25, 0.3) is 90.5 Å². The molecule has 0 atom stereocenters. The van der Waals surface area contributed by atoms with Crippen molar-refractivity contribution >= 4 is 76.6 Å². The summed E-state index contributed by atoms with van der Waals surface area (Å²) < 4.78 is 9.91. The first-order chi connectivity index (χ1) is 31.3. The molecule has 1 radical (unpaired) electrons. The fraction of sp³-hybridized carbons (Fsp3) is 0.109. The zero-order valence-electron chi connectivity index (χ0n) is 37.1. The zero-order valence-corrected chi connectivity index (χ0v) is 37.9. The molecule has 0 saturated heterocycles. The molecule has 311 valence electrons. The van der Waals surface area contributed by atoms with Crippen LogP contribution in [0.3, 0.4) is 0 Å². The van der Waals surface area contributed by atoms with Crippen LogP contribution in [-0.4, -0.2) is 44.2 Å². The van der Waals surface area contributed by atoms with E-state index >= 15 is 0 Å². The summed E-state index contributed by atoms with van der Waals surface area (Å²) in [4.78, 5) is 20.0. The Bertz CT molecular complexity index is 3120. The molecule has 9 heteroatoms. The van der Waals surface area contributed by atoms with E-state index in [2.05, 4.69) is 139 Å². The van der Waals surface area contributed by atoms with Gasteiger partial charge in [-0.3, -0.25) is 0 Å². The van der Waals surface area contributed by atoms with Crippen molar-refractivity contribution in [3.8, 4) is 50.4 Å². The van der Waals surface area contributed by atoms with Gasteiger partial charge < -0.3 is 0 Å². The summed E-state index contributed by atoms with van der Waals surface area (Å²) >= 11 is 1.67. The third kappa shape index (κ3) is 8.59. The Hall–Kier alpha value is -7.22. The quantitative estimate of drug-likeness (QED) is 0.0805. The molecular weight excluding hydrogens is 800 g/mol. The van der Waals surface area contributed by atoms with Gasteiger partial charge in [-0.05, 0) is 6.07 Å². The molecule has 64 heavy (non-hydrogen) atoms. The summed E-state index contributed by atoms with van der Waals surface area (Å²) in [6, 6.07) is 35.0. The maximum atomic E-state index is 6.51. The summed E-state index contributed by atoms with van der Waals surface area (Å²) in [7, 11) is 2.12. The van der Waals surface area contributed by atoms with Crippen LogP contribution in [0.15, 0.2) is 151 Å². The molecule has 6 nitrogen and oxygen atoms in total. The Morgan fingerprint density at radius 3 is 1.98 bits per heavy atom. The second kappa shape index (κ2) is 19.4. The standard InChI is InChI=1S/C55H48B2N5OS/c1-9-13-28-48-36(6)50(57-8)51(63-48)43(12-4)44(56-7)30-31-46-35(5)42(11-3)47(21-10-2)62(46)41-27-20-26-40(33-41)55-58-45-34-39(29-32-49(45)64-55)54-60-52(37-22-16-14-17-23-37)59-53(61-54)38-24-18-15-19-25-38/h9-34H,1,3H2,2,4-8H3/b21-10-,28-13-,31-30-,43-12-. The summed E-state index contributed by atoms with van der Waals surface area (Å²) in [5.41, 5.74) is 14.2. The van der Waals surface area contributed by atoms with Gasteiger partial charge in [0.05, 0.1) is 0 Å². The summed E-state index contributed by atoms with van der Waals surface area (Å²) in [5, 5.41) is 0.922. The summed E-state index contributed by atoms with van der Waals surface area (Å²) in [6.45, 7) is 22.7. The molecule has 0 unspecified atom stereocenters. The number of aromatic nitrogens is 5. The molecule has 0 bridgehead atoms. The second-order valence-electron chi connectivity index (χ2n) is 15.1. The van der Waals surface area contributed by atoms with E-state index in [1.165, 1.54) is 0 Å². The van der Waals surface area contributed by atoms with Crippen molar-refractivity contribution in [2.75, 3.05) is 0 Å². The molecule has 0 aliphatic rings. The number of hydrogen-bond donors (Lipinski definition) is 0. The normalized spacial score (nSPS) is 12.2. The van der Waals surface area contributed by atoms with Crippen LogP contribution >= 0.6 is 11.3 Å². The minimum atomic E-state index is 0.598. The van der Waals surface area contributed by atoms with E-state index < -0.39 is 0 Å². The molecule has 4 heterocycles. The van der Waals surface area contributed by atoms with Crippen LogP contribution in [0.5, 0.6) is 0 Å². The van der Waals surface area contributed by atoms with Gasteiger partial charge in [-0.15, -0.1) is 0 Å². The predicted molar refractivity (Wildman–Crippen MR) is 277 cm³/mol. The number of thiazole rings is 1. The molecule has 4 aromatic carbocycles. The van der Waals surface area contributed by atoms with Crippen molar-refractivity contribution in [1.29, 1.82) is 0 Å². The Morgan fingerprint density at radius 1 is 0.703 bits per heavy atom.